The Balaban J connectivity index is 2.42. The van der Waals surface area contributed by atoms with Gasteiger partial charge in [-0.15, -0.1) is 0 Å². The van der Waals surface area contributed by atoms with Crippen LogP contribution in [0.1, 0.15) is 33.6 Å². The van der Waals surface area contributed by atoms with E-state index in [0.29, 0.717) is 12.8 Å². The van der Waals surface area contributed by atoms with Gasteiger partial charge in [-0.1, -0.05) is 0 Å². The highest BCUT2D eigenvalue weighted by molar-refractivity contribution is 7.90. The SMILES string of the molecule is COC1CC2CC(C1O)N(C(C)(C)C)S2(=O)=O. The van der Waals surface area contributed by atoms with Crippen LogP contribution in [0.15, 0.2) is 0 Å². The summed E-state index contributed by atoms with van der Waals surface area (Å²) in [4.78, 5) is 0. The van der Waals surface area contributed by atoms with Crippen molar-refractivity contribution in [2.24, 2.45) is 0 Å². The van der Waals surface area contributed by atoms with Gasteiger partial charge in [-0.25, -0.2) is 8.42 Å². The van der Waals surface area contributed by atoms with Crippen LogP contribution in [-0.4, -0.2) is 54.0 Å². The lowest BCUT2D eigenvalue weighted by atomic mass is 9.88. The molecule has 1 aliphatic carbocycles. The third kappa shape index (κ3) is 1.91. The zero-order chi connectivity index (χ0) is 13.0. The van der Waals surface area contributed by atoms with Gasteiger partial charge in [0.25, 0.3) is 0 Å². The number of hydrogen-bond donors (Lipinski definition) is 1. The van der Waals surface area contributed by atoms with Crippen molar-refractivity contribution in [3.8, 4) is 0 Å². The molecule has 2 bridgehead atoms. The molecule has 1 saturated heterocycles. The highest BCUT2D eigenvalue weighted by Crippen LogP contribution is 2.43. The maximum absolute atomic E-state index is 12.4. The Hall–Kier alpha value is -0.170. The summed E-state index contributed by atoms with van der Waals surface area (Å²) in [6.45, 7) is 5.58. The average Bonchev–Trinajstić information content (AvgIpc) is 2.40. The van der Waals surface area contributed by atoms with Crippen molar-refractivity contribution in [1.82, 2.24) is 4.31 Å². The topological polar surface area (TPSA) is 66.8 Å². The van der Waals surface area contributed by atoms with E-state index in [2.05, 4.69) is 0 Å². The molecule has 4 atom stereocenters. The van der Waals surface area contributed by atoms with Gasteiger partial charge in [0.15, 0.2) is 0 Å². The van der Waals surface area contributed by atoms with E-state index in [-0.39, 0.29) is 12.1 Å². The van der Waals surface area contributed by atoms with Gasteiger partial charge in [-0.2, -0.15) is 4.31 Å². The van der Waals surface area contributed by atoms with E-state index in [1.807, 2.05) is 20.8 Å². The lowest BCUT2D eigenvalue weighted by Gasteiger charge is -2.38. The number of fused-ring (bicyclic) bond motifs is 2. The van der Waals surface area contributed by atoms with Crippen LogP contribution in [0.25, 0.3) is 0 Å². The lowest BCUT2D eigenvalue weighted by molar-refractivity contribution is -0.0653. The van der Waals surface area contributed by atoms with Crippen LogP contribution in [-0.2, 0) is 14.8 Å². The summed E-state index contributed by atoms with van der Waals surface area (Å²) in [5.41, 5.74) is -0.498. The molecule has 1 N–H and O–H groups in total. The molecule has 2 aliphatic rings. The van der Waals surface area contributed by atoms with Crippen molar-refractivity contribution in [2.75, 3.05) is 7.11 Å². The molecule has 6 heteroatoms. The highest BCUT2D eigenvalue weighted by atomic mass is 32.2. The minimum Gasteiger partial charge on any atom is -0.389 e. The van der Waals surface area contributed by atoms with Gasteiger partial charge in [0.1, 0.15) is 0 Å². The van der Waals surface area contributed by atoms with Crippen molar-refractivity contribution in [2.45, 2.75) is 62.7 Å². The number of hydrogen-bond acceptors (Lipinski definition) is 4. The predicted octanol–water partition coefficient (Wildman–Crippen LogP) is 0.337. The molecular weight excluding hydrogens is 242 g/mol. The van der Waals surface area contributed by atoms with Crippen LogP contribution >= 0.6 is 0 Å². The third-order valence-corrected chi connectivity index (χ3v) is 6.33. The fourth-order valence-corrected chi connectivity index (χ4v) is 5.64. The van der Waals surface area contributed by atoms with Crippen molar-refractivity contribution >= 4 is 10.0 Å². The van der Waals surface area contributed by atoms with Gasteiger partial charge in [0, 0.05) is 12.6 Å². The fraction of sp³-hybridized carbons (Fsp3) is 1.00. The molecule has 1 aliphatic heterocycles. The monoisotopic (exact) mass is 263 g/mol. The first-order valence-corrected chi connectivity index (χ1v) is 7.44. The molecule has 100 valence electrons. The first kappa shape index (κ1) is 13.3. The van der Waals surface area contributed by atoms with Crippen molar-refractivity contribution in [3.63, 3.8) is 0 Å². The Labute approximate surface area is 103 Å². The molecule has 4 unspecified atom stereocenters. The van der Waals surface area contributed by atoms with Gasteiger partial charge in [0.05, 0.1) is 23.5 Å². The molecule has 0 radical (unpaired) electrons. The van der Waals surface area contributed by atoms with Gasteiger partial charge >= 0.3 is 0 Å². The number of aliphatic hydroxyl groups excluding tert-OH is 1. The molecule has 1 heterocycles. The van der Waals surface area contributed by atoms with Crippen LogP contribution in [0.2, 0.25) is 0 Å². The third-order valence-electron chi connectivity index (χ3n) is 3.74. The highest BCUT2D eigenvalue weighted by Gasteiger charge is 2.57. The Morgan fingerprint density at radius 1 is 1.29 bits per heavy atom. The number of sulfonamides is 1. The van der Waals surface area contributed by atoms with Crippen molar-refractivity contribution < 1.29 is 18.3 Å². The quantitative estimate of drug-likeness (QED) is 0.740. The second-order valence-electron chi connectivity index (χ2n) is 5.94. The van der Waals surface area contributed by atoms with Crippen molar-refractivity contribution in [3.05, 3.63) is 0 Å². The Morgan fingerprint density at radius 2 is 1.88 bits per heavy atom. The van der Waals surface area contributed by atoms with E-state index in [0.717, 1.165) is 0 Å². The molecule has 17 heavy (non-hydrogen) atoms. The molecule has 2 rings (SSSR count). The molecule has 2 fully saturated rings. The van der Waals surface area contributed by atoms with Gasteiger partial charge < -0.3 is 9.84 Å². The van der Waals surface area contributed by atoms with Crippen LogP contribution < -0.4 is 0 Å². The number of ether oxygens (including phenoxy) is 1. The molecule has 5 nitrogen and oxygen atoms in total. The number of nitrogens with zero attached hydrogens (tertiary/aromatic N) is 1. The molecule has 0 aromatic carbocycles. The summed E-state index contributed by atoms with van der Waals surface area (Å²) < 4.78 is 31.5. The van der Waals surface area contributed by atoms with Crippen LogP contribution in [0.4, 0.5) is 0 Å². The molecule has 0 aromatic heterocycles. The lowest BCUT2D eigenvalue weighted by Crippen LogP contribution is -2.53. The molecule has 0 aromatic rings. The second kappa shape index (κ2) is 3.91. The average molecular weight is 263 g/mol. The molecule has 0 spiro atoms. The van der Waals surface area contributed by atoms with Gasteiger partial charge in [0.2, 0.25) is 10.0 Å². The van der Waals surface area contributed by atoms with Crippen LogP contribution in [0.5, 0.6) is 0 Å². The second-order valence-corrected chi connectivity index (χ2v) is 8.03. The summed E-state index contributed by atoms with van der Waals surface area (Å²) in [6.07, 6.45) is -0.197. The maximum Gasteiger partial charge on any atom is 0.217 e. The summed E-state index contributed by atoms with van der Waals surface area (Å²) >= 11 is 0. The standard InChI is InChI=1S/C11H21NO4S/c1-11(2,3)12-8-5-7(17(12,14)15)6-9(16-4)10(8)13/h7-10,13H,5-6H2,1-4H3. The normalized spacial score (nSPS) is 41.7. The zero-order valence-electron chi connectivity index (χ0n) is 10.8. The van der Waals surface area contributed by atoms with E-state index < -0.39 is 26.9 Å². The summed E-state index contributed by atoms with van der Waals surface area (Å²) in [7, 11) is -1.78. The number of aliphatic hydroxyl groups is 1. The fourth-order valence-electron chi connectivity index (χ4n) is 3.09. The largest absolute Gasteiger partial charge is 0.389 e. The molecule has 0 amide bonds. The van der Waals surface area contributed by atoms with E-state index in [1.165, 1.54) is 11.4 Å². The summed E-state index contributed by atoms with van der Waals surface area (Å²) in [5.74, 6) is 0. The summed E-state index contributed by atoms with van der Waals surface area (Å²) in [6, 6.07) is -0.344. The number of rotatable bonds is 1. The van der Waals surface area contributed by atoms with Gasteiger partial charge in [-0.3, -0.25) is 0 Å². The Morgan fingerprint density at radius 3 is 2.35 bits per heavy atom. The first-order valence-electron chi connectivity index (χ1n) is 5.94. The van der Waals surface area contributed by atoms with E-state index in [4.69, 9.17) is 4.74 Å². The molecular formula is C11H21NO4S. The predicted molar refractivity (Wildman–Crippen MR) is 64.1 cm³/mol. The Kier molecular flexibility index (Phi) is 3.05. The van der Waals surface area contributed by atoms with Crippen LogP contribution in [0, 0.1) is 0 Å². The van der Waals surface area contributed by atoms with Crippen molar-refractivity contribution in [1.29, 1.82) is 0 Å². The summed E-state index contributed by atoms with van der Waals surface area (Å²) in [5, 5.41) is 9.79. The minimum atomic E-state index is -3.30. The van der Waals surface area contributed by atoms with E-state index >= 15 is 0 Å². The maximum atomic E-state index is 12.4. The van der Waals surface area contributed by atoms with E-state index in [9.17, 15) is 13.5 Å². The van der Waals surface area contributed by atoms with Crippen LogP contribution in [0.3, 0.4) is 0 Å². The minimum absolute atomic E-state index is 0.344. The number of methoxy groups -OCH3 is 1. The van der Waals surface area contributed by atoms with Gasteiger partial charge in [-0.05, 0) is 33.6 Å². The molecule has 1 saturated carbocycles. The first-order chi connectivity index (χ1) is 7.69. The zero-order valence-corrected chi connectivity index (χ0v) is 11.6. The smallest absolute Gasteiger partial charge is 0.217 e. The Bertz CT molecular complexity index is 400. The van der Waals surface area contributed by atoms with E-state index in [1.54, 1.807) is 0 Å².